The molecule has 3 heterocycles. The fraction of sp³-hybridized carbons (Fsp3) is 0.158. The Bertz CT molecular complexity index is 1290. The topological polar surface area (TPSA) is 68.3 Å². The predicted molar refractivity (Wildman–Crippen MR) is 105 cm³/mol. The van der Waals surface area contributed by atoms with Crippen molar-refractivity contribution in [2.75, 3.05) is 0 Å². The molecule has 0 fully saturated rings. The monoisotopic (exact) mass is 544 g/mol. The molecule has 15 heteroatoms. The number of halogens is 8. The van der Waals surface area contributed by atoms with Crippen molar-refractivity contribution in [2.24, 2.45) is 0 Å². The smallest absolute Gasteiger partial charge is 0.287 e. The van der Waals surface area contributed by atoms with E-state index in [1.165, 1.54) is 0 Å². The Morgan fingerprint density at radius 2 is 1.00 bits per heavy atom. The Hall–Kier alpha value is -2.78. The van der Waals surface area contributed by atoms with Crippen molar-refractivity contribution >= 4 is 57.1 Å². The molecule has 0 atom stereocenters. The van der Waals surface area contributed by atoms with E-state index in [-0.39, 0.29) is 42.2 Å². The largest absolute Gasteiger partial charge is 0.455 e. The van der Waals surface area contributed by atoms with E-state index in [0.29, 0.717) is 11.3 Å². The molecule has 1 aliphatic carbocycles. The maximum atomic E-state index is 14.2. The Kier molecular flexibility index (Phi) is 5.45. The van der Waals surface area contributed by atoms with Crippen LogP contribution < -0.4 is 0 Å². The molecular weight excluding hydrogens is 540 g/mol. The van der Waals surface area contributed by atoms with Crippen LogP contribution in [-0.4, -0.2) is 41.4 Å². The van der Waals surface area contributed by atoms with Crippen molar-refractivity contribution in [2.45, 2.75) is 18.3 Å². The van der Waals surface area contributed by atoms with Crippen molar-refractivity contribution < 1.29 is 54.3 Å². The zero-order chi connectivity index (χ0) is 25.4. The number of hydrogen-bond acceptors (Lipinski definition) is 7. The molecule has 0 aromatic carbocycles. The number of thiophene rings is 3. The minimum atomic E-state index is -5.22. The van der Waals surface area contributed by atoms with Crippen LogP contribution in [0.4, 0.5) is 35.1 Å². The summed E-state index contributed by atoms with van der Waals surface area (Å²) in [6, 6.07) is 3.49. The van der Waals surface area contributed by atoms with Gasteiger partial charge in [0.1, 0.15) is 0 Å². The number of Topliss-reactive ketones (excluding diaryl/α,β-unsaturated/α-hetero) is 4. The van der Waals surface area contributed by atoms with E-state index in [9.17, 15) is 54.3 Å². The summed E-state index contributed by atoms with van der Waals surface area (Å²) in [6.07, 6.45) is -10.4. The molecule has 4 rings (SSSR count). The van der Waals surface area contributed by atoms with Gasteiger partial charge in [0.05, 0.1) is 30.6 Å². The molecule has 0 radical (unpaired) electrons. The van der Waals surface area contributed by atoms with Crippen LogP contribution in [-0.2, 0) is 0 Å². The molecule has 0 aliphatic heterocycles. The Labute approximate surface area is 194 Å². The molecule has 3 aromatic rings. The molecule has 0 unspecified atom stereocenters. The van der Waals surface area contributed by atoms with Crippen molar-refractivity contribution in [3.8, 4) is 19.5 Å². The second-order valence-electron chi connectivity index (χ2n) is 6.72. The van der Waals surface area contributed by atoms with Crippen LogP contribution in [0.25, 0.3) is 19.5 Å². The van der Waals surface area contributed by atoms with E-state index in [1.807, 2.05) is 0 Å². The Morgan fingerprint density at radius 3 is 1.32 bits per heavy atom. The molecule has 3 aromatic heterocycles. The minimum absolute atomic E-state index is 0.206. The molecule has 0 N–H and O–H groups in total. The van der Waals surface area contributed by atoms with E-state index < -0.39 is 62.3 Å². The van der Waals surface area contributed by atoms with E-state index in [2.05, 4.69) is 0 Å². The first-order valence-electron chi connectivity index (χ1n) is 8.62. The van der Waals surface area contributed by atoms with Gasteiger partial charge in [-0.3, -0.25) is 19.2 Å². The van der Waals surface area contributed by atoms with Crippen LogP contribution in [0, 0.1) is 0 Å². The molecule has 178 valence electrons. The summed E-state index contributed by atoms with van der Waals surface area (Å²) in [7, 11) is 0. The van der Waals surface area contributed by atoms with Gasteiger partial charge >= 0.3 is 18.3 Å². The lowest BCUT2D eigenvalue weighted by Crippen LogP contribution is -2.30. The third-order valence-corrected chi connectivity index (χ3v) is 8.27. The molecule has 0 saturated carbocycles. The summed E-state index contributed by atoms with van der Waals surface area (Å²) >= 11 is 0.993. The van der Waals surface area contributed by atoms with Gasteiger partial charge in [0.15, 0.2) is 0 Å². The quantitative estimate of drug-likeness (QED) is 0.208. The lowest BCUT2D eigenvalue weighted by atomic mass is 10.1. The molecule has 1 aliphatic rings. The van der Waals surface area contributed by atoms with Crippen molar-refractivity contribution in [3.05, 3.63) is 45.1 Å². The van der Waals surface area contributed by atoms with Crippen LogP contribution in [0.2, 0.25) is 0 Å². The third kappa shape index (κ3) is 3.71. The SMILES string of the molecule is O=C(c1ccc(-c2sc(-c3ccc(C(=O)C(F)(F)F)s3)c3c2C(=O)C(F)(F)C3=O)s1)C(F)(F)F. The lowest BCUT2D eigenvalue weighted by molar-refractivity contribution is -0.0885. The first-order chi connectivity index (χ1) is 15.5. The summed E-state index contributed by atoms with van der Waals surface area (Å²) in [5, 5.41) is 0. The fourth-order valence-corrected chi connectivity index (χ4v) is 6.53. The summed E-state index contributed by atoms with van der Waals surface area (Å²) in [6.45, 7) is 0. The Balaban J connectivity index is 1.88. The summed E-state index contributed by atoms with van der Waals surface area (Å²) in [4.78, 5) is 44.8. The standard InChI is InChI=1S/C19H4F8O4S3/c20-17(21)15(30)9-10(16(17)31)12(6-2-4-8(33-6)14(29)19(25,26)27)34-11(9)5-1-3-7(32-5)13(28)18(22,23)24/h1-4H. The molecule has 0 saturated heterocycles. The maximum Gasteiger partial charge on any atom is 0.455 e. The van der Waals surface area contributed by atoms with E-state index in [0.717, 1.165) is 24.3 Å². The number of carbonyl (C=O) groups is 4. The van der Waals surface area contributed by atoms with Gasteiger partial charge in [-0.05, 0) is 24.3 Å². The average Bonchev–Trinajstić information content (AvgIpc) is 3.48. The van der Waals surface area contributed by atoms with Crippen molar-refractivity contribution in [1.82, 2.24) is 0 Å². The highest BCUT2D eigenvalue weighted by atomic mass is 32.1. The highest BCUT2D eigenvalue weighted by molar-refractivity contribution is 7.28. The van der Waals surface area contributed by atoms with Gasteiger partial charge in [-0.15, -0.1) is 34.0 Å². The molecule has 0 bridgehead atoms. The Morgan fingerprint density at radius 1 is 0.647 bits per heavy atom. The lowest BCUT2D eigenvalue weighted by Gasteiger charge is -2.05. The summed E-state index contributed by atoms with van der Waals surface area (Å²) in [5.41, 5.74) is -1.61. The molecular formula is C19H4F8O4S3. The van der Waals surface area contributed by atoms with E-state index in [4.69, 9.17) is 0 Å². The molecule has 34 heavy (non-hydrogen) atoms. The molecule has 0 amide bonds. The number of fused-ring (bicyclic) bond motifs is 1. The first kappa shape index (κ1) is 24.3. The highest BCUT2D eigenvalue weighted by Crippen LogP contribution is 2.52. The molecule has 0 spiro atoms. The second kappa shape index (κ2) is 7.61. The van der Waals surface area contributed by atoms with Gasteiger partial charge in [0, 0.05) is 9.75 Å². The van der Waals surface area contributed by atoms with Gasteiger partial charge in [-0.25, -0.2) is 0 Å². The first-order valence-corrected chi connectivity index (χ1v) is 11.1. The number of ketones is 4. The van der Waals surface area contributed by atoms with Crippen LogP contribution in [0.3, 0.4) is 0 Å². The number of alkyl halides is 8. The van der Waals surface area contributed by atoms with Crippen molar-refractivity contribution in [1.29, 1.82) is 0 Å². The van der Waals surface area contributed by atoms with Gasteiger partial charge in [-0.2, -0.15) is 35.1 Å². The van der Waals surface area contributed by atoms with Gasteiger partial charge < -0.3 is 0 Å². The van der Waals surface area contributed by atoms with Gasteiger partial charge in [0.2, 0.25) is 11.6 Å². The van der Waals surface area contributed by atoms with E-state index >= 15 is 0 Å². The van der Waals surface area contributed by atoms with Crippen LogP contribution in [0.5, 0.6) is 0 Å². The normalized spacial score (nSPS) is 15.6. The zero-order valence-electron chi connectivity index (χ0n) is 15.7. The van der Waals surface area contributed by atoms with Crippen molar-refractivity contribution in [3.63, 3.8) is 0 Å². The van der Waals surface area contributed by atoms with Crippen LogP contribution in [0.1, 0.15) is 40.1 Å². The highest BCUT2D eigenvalue weighted by Gasteiger charge is 2.58. The third-order valence-electron chi connectivity index (χ3n) is 4.55. The fourth-order valence-electron chi connectivity index (χ4n) is 3.07. The minimum Gasteiger partial charge on any atom is -0.287 e. The second-order valence-corrected chi connectivity index (χ2v) is 9.91. The number of rotatable bonds is 4. The van der Waals surface area contributed by atoms with Crippen LogP contribution in [0.15, 0.2) is 24.3 Å². The van der Waals surface area contributed by atoms with Gasteiger partial charge in [-0.1, -0.05) is 0 Å². The summed E-state index contributed by atoms with van der Waals surface area (Å²) in [5.74, 6) is -12.8. The van der Waals surface area contributed by atoms with Gasteiger partial charge in [0.25, 0.3) is 11.6 Å². The zero-order valence-corrected chi connectivity index (χ0v) is 18.1. The number of carbonyl (C=O) groups excluding carboxylic acids is 4. The van der Waals surface area contributed by atoms with E-state index in [1.54, 1.807) is 0 Å². The average molecular weight is 544 g/mol. The maximum absolute atomic E-state index is 14.2. The molecule has 4 nitrogen and oxygen atoms in total. The summed E-state index contributed by atoms with van der Waals surface area (Å²) < 4.78 is 105. The predicted octanol–water partition coefficient (Wildman–Crippen LogP) is 6.71. The number of hydrogen-bond donors (Lipinski definition) is 0. The van der Waals surface area contributed by atoms with Crippen LogP contribution >= 0.6 is 34.0 Å².